The van der Waals surface area contributed by atoms with Gasteiger partial charge in [0.2, 0.25) is 5.56 Å². The third kappa shape index (κ3) is 5.11. The summed E-state index contributed by atoms with van der Waals surface area (Å²) in [4.78, 5) is 18.2. The maximum absolute atomic E-state index is 11.3. The summed E-state index contributed by atoms with van der Waals surface area (Å²) in [6.07, 6.45) is 7.24. The summed E-state index contributed by atoms with van der Waals surface area (Å²) >= 11 is 0. The lowest BCUT2D eigenvalue weighted by Crippen LogP contribution is -2.34. The van der Waals surface area contributed by atoms with Gasteiger partial charge in [-0.1, -0.05) is 36.4 Å². The van der Waals surface area contributed by atoms with Crippen molar-refractivity contribution in [1.29, 1.82) is 0 Å². The van der Waals surface area contributed by atoms with Crippen LogP contribution in [0.4, 0.5) is 17.3 Å². The first kappa shape index (κ1) is 21.9. The minimum absolute atomic E-state index is 0.0459. The van der Waals surface area contributed by atoms with Crippen LogP contribution in [0.5, 0.6) is 0 Å². The Morgan fingerprint density at radius 3 is 2.47 bits per heavy atom. The number of aromatic amines is 1. The molecular weight excluding hydrogens is 400 g/mol. The topological polar surface area (TPSA) is 136 Å². The Morgan fingerprint density at radius 1 is 1.03 bits per heavy atom. The van der Waals surface area contributed by atoms with E-state index in [9.17, 15) is 4.79 Å². The van der Waals surface area contributed by atoms with Crippen LogP contribution in [0.1, 0.15) is 60.6 Å². The quantitative estimate of drug-likeness (QED) is 0.388. The van der Waals surface area contributed by atoms with Crippen LogP contribution in [0.15, 0.2) is 59.5 Å². The largest absolute Gasteiger partial charge is 0.396 e. The first-order valence-corrected chi connectivity index (χ1v) is 11.3. The van der Waals surface area contributed by atoms with E-state index < -0.39 is 0 Å². The van der Waals surface area contributed by atoms with E-state index in [1.807, 2.05) is 36.5 Å². The third-order valence-corrected chi connectivity index (χ3v) is 6.59. The number of anilines is 3. The van der Waals surface area contributed by atoms with E-state index in [1.54, 1.807) is 6.07 Å². The van der Waals surface area contributed by atoms with Crippen LogP contribution in [-0.2, 0) is 0 Å². The highest BCUT2D eigenvalue weighted by Crippen LogP contribution is 2.35. The molecule has 0 bridgehead atoms. The van der Waals surface area contributed by atoms with Gasteiger partial charge >= 0.3 is 0 Å². The summed E-state index contributed by atoms with van der Waals surface area (Å²) < 4.78 is 0. The molecule has 3 aromatic rings. The summed E-state index contributed by atoms with van der Waals surface area (Å²) in [6.45, 7) is 0.870. The Hall–Kier alpha value is -3.32. The van der Waals surface area contributed by atoms with Gasteiger partial charge in [0.25, 0.3) is 0 Å². The van der Waals surface area contributed by atoms with Gasteiger partial charge in [-0.3, -0.25) is 4.79 Å². The van der Waals surface area contributed by atoms with Crippen molar-refractivity contribution < 1.29 is 0 Å². The molecule has 0 amide bonds. The van der Waals surface area contributed by atoms with Crippen molar-refractivity contribution >= 4 is 17.3 Å². The number of rotatable bonds is 7. The molecular formula is C25H32N6O. The molecule has 0 radical (unpaired) electrons. The number of hydrogen-bond acceptors (Lipinski definition) is 6. The average Bonchev–Trinajstić information content (AvgIpc) is 2.81. The van der Waals surface area contributed by atoms with Crippen LogP contribution in [0.2, 0.25) is 0 Å². The maximum Gasteiger partial charge on any atom is 0.247 e. The monoisotopic (exact) mass is 432 g/mol. The van der Waals surface area contributed by atoms with Gasteiger partial charge in [-0.05, 0) is 67.3 Å². The van der Waals surface area contributed by atoms with E-state index in [0.717, 1.165) is 44.2 Å². The zero-order valence-corrected chi connectivity index (χ0v) is 18.3. The van der Waals surface area contributed by atoms with Gasteiger partial charge in [-0.2, -0.15) is 0 Å². The van der Waals surface area contributed by atoms with E-state index in [4.69, 9.17) is 17.2 Å². The van der Waals surface area contributed by atoms with Crippen molar-refractivity contribution in [3.8, 4) is 0 Å². The Morgan fingerprint density at radius 2 is 1.78 bits per heavy atom. The normalized spacial score (nSPS) is 19.5. The second kappa shape index (κ2) is 9.87. The molecule has 1 aromatic carbocycles. The van der Waals surface area contributed by atoms with Crippen molar-refractivity contribution in [2.75, 3.05) is 23.7 Å². The summed E-state index contributed by atoms with van der Waals surface area (Å²) in [6, 6.07) is 16.2. The molecule has 0 aliphatic heterocycles. The molecule has 0 saturated heterocycles. The molecule has 7 nitrogen and oxygen atoms in total. The molecule has 2 aromatic heterocycles. The molecule has 1 fully saturated rings. The van der Waals surface area contributed by atoms with E-state index in [2.05, 4.69) is 27.4 Å². The number of nitrogens with one attached hydrogen (secondary N) is 2. The van der Waals surface area contributed by atoms with Crippen molar-refractivity contribution in [2.45, 2.75) is 50.0 Å². The minimum Gasteiger partial charge on any atom is -0.396 e. The van der Waals surface area contributed by atoms with Crippen molar-refractivity contribution in [2.24, 2.45) is 0 Å². The Labute approximate surface area is 188 Å². The van der Waals surface area contributed by atoms with Gasteiger partial charge in [-0.25, -0.2) is 4.98 Å². The van der Waals surface area contributed by atoms with E-state index in [0.29, 0.717) is 23.5 Å². The molecule has 7 heteroatoms. The van der Waals surface area contributed by atoms with Gasteiger partial charge < -0.3 is 27.5 Å². The summed E-state index contributed by atoms with van der Waals surface area (Å²) in [5.41, 5.74) is 22.1. The predicted molar refractivity (Wildman–Crippen MR) is 130 cm³/mol. The van der Waals surface area contributed by atoms with Gasteiger partial charge in [0.05, 0.1) is 5.69 Å². The van der Waals surface area contributed by atoms with Crippen LogP contribution < -0.4 is 28.1 Å². The molecule has 2 heterocycles. The molecule has 4 rings (SSSR count). The van der Waals surface area contributed by atoms with Crippen molar-refractivity contribution in [1.82, 2.24) is 15.3 Å². The molecule has 1 aliphatic rings. The SMILES string of the molecule is Nc1cc(C(CCNC2CCC(c3ccc(=O)[nH]c3)CC2)c2ccccc2)c(N)c(N)n1. The first-order chi connectivity index (χ1) is 15.5. The number of nitrogen functional groups attached to an aromatic ring is 3. The lowest BCUT2D eigenvalue weighted by molar-refractivity contribution is 0.340. The lowest BCUT2D eigenvalue weighted by atomic mass is 9.82. The highest BCUT2D eigenvalue weighted by Gasteiger charge is 2.24. The standard InChI is InChI=1S/C25H32N6O/c26-22-14-21(24(27)25(28)31-22)20(17-4-2-1-3-5-17)12-13-29-19-9-6-16(7-10-19)18-8-11-23(32)30-15-18/h1-5,8,11,14-16,19-20,29H,6-7,9-10,12-13,27H2,(H,30,32)(H4,26,28,31). The molecule has 0 spiro atoms. The van der Waals surface area contributed by atoms with Crippen LogP contribution in [0.3, 0.4) is 0 Å². The highest BCUT2D eigenvalue weighted by molar-refractivity contribution is 5.68. The summed E-state index contributed by atoms with van der Waals surface area (Å²) in [5, 5.41) is 3.74. The van der Waals surface area contributed by atoms with Crippen LogP contribution in [-0.4, -0.2) is 22.6 Å². The number of nitrogens with zero attached hydrogens (tertiary/aromatic N) is 1. The molecule has 8 N–H and O–H groups in total. The van der Waals surface area contributed by atoms with Crippen LogP contribution in [0.25, 0.3) is 0 Å². The van der Waals surface area contributed by atoms with Crippen molar-refractivity contribution in [3.05, 3.63) is 81.8 Å². The zero-order valence-electron chi connectivity index (χ0n) is 18.3. The fourth-order valence-corrected chi connectivity index (χ4v) is 4.83. The van der Waals surface area contributed by atoms with Gasteiger partial charge in [0.15, 0.2) is 0 Å². The molecule has 1 saturated carbocycles. The van der Waals surface area contributed by atoms with Gasteiger partial charge in [-0.15, -0.1) is 0 Å². The predicted octanol–water partition coefficient (Wildman–Crippen LogP) is 3.35. The maximum atomic E-state index is 11.3. The highest BCUT2D eigenvalue weighted by atomic mass is 16.1. The summed E-state index contributed by atoms with van der Waals surface area (Å²) in [5.74, 6) is 1.29. The molecule has 1 unspecified atom stereocenters. The number of H-pyrrole nitrogens is 1. The second-order valence-corrected chi connectivity index (χ2v) is 8.68. The second-order valence-electron chi connectivity index (χ2n) is 8.68. The first-order valence-electron chi connectivity index (χ1n) is 11.3. The molecule has 168 valence electrons. The van der Waals surface area contributed by atoms with Gasteiger partial charge in [0, 0.05) is 24.2 Å². The number of nitrogens with two attached hydrogens (primary N) is 3. The van der Waals surface area contributed by atoms with E-state index in [-0.39, 0.29) is 17.3 Å². The smallest absolute Gasteiger partial charge is 0.247 e. The van der Waals surface area contributed by atoms with E-state index in [1.165, 1.54) is 11.1 Å². The minimum atomic E-state index is -0.0459. The number of hydrogen-bond donors (Lipinski definition) is 5. The lowest BCUT2D eigenvalue weighted by Gasteiger charge is -2.30. The number of pyridine rings is 2. The van der Waals surface area contributed by atoms with Gasteiger partial charge in [0.1, 0.15) is 11.6 Å². The molecule has 32 heavy (non-hydrogen) atoms. The zero-order chi connectivity index (χ0) is 22.5. The molecule has 1 atom stereocenters. The fraction of sp³-hybridized carbons (Fsp3) is 0.360. The Balaban J connectivity index is 1.38. The Bertz CT molecular complexity index is 1070. The molecule has 1 aliphatic carbocycles. The summed E-state index contributed by atoms with van der Waals surface area (Å²) in [7, 11) is 0. The number of benzene rings is 1. The van der Waals surface area contributed by atoms with E-state index >= 15 is 0 Å². The van der Waals surface area contributed by atoms with Crippen LogP contribution >= 0.6 is 0 Å². The Kier molecular flexibility index (Phi) is 6.75. The number of aromatic nitrogens is 2. The third-order valence-electron chi connectivity index (χ3n) is 6.59. The van der Waals surface area contributed by atoms with Crippen molar-refractivity contribution in [3.63, 3.8) is 0 Å². The van der Waals surface area contributed by atoms with Crippen LogP contribution in [0, 0.1) is 0 Å². The fourth-order valence-electron chi connectivity index (χ4n) is 4.83. The average molecular weight is 433 g/mol.